The van der Waals surface area contributed by atoms with Crippen LogP contribution < -0.4 is 10.6 Å². The fraction of sp³-hybridized carbons (Fsp3) is 0.615. The summed E-state index contributed by atoms with van der Waals surface area (Å²) >= 11 is 1.72. The van der Waals surface area contributed by atoms with Gasteiger partial charge in [0.05, 0.1) is 6.54 Å². The van der Waals surface area contributed by atoms with Gasteiger partial charge in [0, 0.05) is 17.5 Å². The predicted octanol–water partition coefficient (Wildman–Crippen LogP) is 2.29. The summed E-state index contributed by atoms with van der Waals surface area (Å²) < 4.78 is 0. The summed E-state index contributed by atoms with van der Waals surface area (Å²) in [6.07, 6.45) is 6.14. The molecule has 1 aromatic heterocycles. The zero-order valence-electron chi connectivity index (χ0n) is 10.1. The number of rotatable bonds is 5. The lowest BCUT2D eigenvalue weighted by atomic mass is 9.95. The Hall–Kier alpha value is -0.870. The van der Waals surface area contributed by atoms with Gasteiger partial charge in [-0.1, -0.05) is 25.3 Å². The van der Waals surface area contributed by atoms with Crippen molar-refractivity contribution in [3.63, 3.8) is 0 Å². The number of nitrogens with one attached hydrogen (secondary N) is 2. The molecule has 3 nitrogen and oxygen atoms in total. The predicted molar refractivity (Wildman–Crippen MR) is 71.0 cm³/mol. The Morgan fingerprint density at radius 1 is 1.35 bits per heavy atom. The van der Waals surface area contributed by atoms with Crippen LogP contribution in [0.4, 0.5) is 0 Å². The molecule has 0 aliphatic heterocycles. The molecule has 0 atom stereocenters. The first-order chi connectivity index (χ1) is 8.34. The Kier molecular flexibility index (Phi) is 5.01. The molecule has 1 aliphatic rings. The van der Waals surface area contributed by atoms with E-state index in [-0.39, 0.29) is 5.91 Å². The Labute approximate surface area is 107 Å². The number of carbonyl (C=O) groups is 1. The molecule has 1 amide bonds. The van der Waals surface area contributed by atoms with Gasteiger partial charge < -0.3 is 10.6 Å². The molecule has 0 bridgehead atoms. The summed E-state index contributed by atoms with van der Waals surface area (Å²) in [6.45, 7) is 1.21. The van der Waals surface area contributed by atoms with Crippen molar-refractivity contribution in [2.75, 3.05) is 6.54 Å². The highest BCUT2D eigenvalue weighted by Gasteiger charge is 2.14. The second-order valence-electron chi connectivity index (χ2n) is 4.59. The third kappa shape index (κ3) is 4.48. The fourth-order valence-electron chi connectivity index (χ4n) is 2.24. The van der Waals surface area contributed by atoms with E-state index in [9.17, 15) is 4.79 Å². The van der Waals surface area contributed by atoms with Crippen LogP contribution >= 0.6 is 11.3 Å². The SMILES string of the molecule is O=C(CNCc1cccs1)NC1CCCCC1. The number of amides is 1. The van der Waals surface area contributed by atoms with Gasteiger partial charge in [0.1, 0.15) is 0 Å². The van der Waals surface area contributed by atoms with Gasteiger partial charge in [0.15, 0.2) is 0 Å². The Balaban J connectivity index is 1.60. The van der Waals surface area contributed by atoms with Crippen molar-refractivity contribution < 1.29 is 4.79 Å². The number of hydrogen-bond donors (Lipinski definition) is 2. The molecule has 1 fully saturated rings. The maximum Gasteiger partial charge on any atom is 0.234 e. The van der Waals surface area contributed by atoms with Crippen LogP contribution in [0.25, 0.3) is 0 Å². The molecular formula is C13H20N2OS. The van der Waals surface area contributed by atoms with Gasteiger partial charge in [-0.25, -0.2) is 0 Å². The van der Waals surface area contributed by atoms with E-state index < -0.39 is 0 Å². The number of hydrogen-bond acceptors (Lipinski definition) is 3. The van der Waals surface area contributed by atoms with Crippen molar-refractivity contribution in [1.29, 1.82) is 0 Å². The third-order valence-electron chi connectivity index (χ3n) is 3.14. The maximum absolute atomic E-state index is 11.7. The lowest BCUT2D eigenvalue weighted by Gasteiger charge is -2.22. The molecule has 1 heterocycles. The van der Waals surface area contributed by atoms with E-state index in [1.807, 2.05) is 6.07 Å². The average molecular weight is 252 g/mol. The largest absolute Gasteiger partial charge is 0.352 e. The minimum atomic E-state index is 0.133. The van der Waals surface area contributed by atoms with Gasteiger partial charge >= 0.3 is 0 Å². The van der Waals surface area contributed by atoms with Gasteiger partial charge in [-0.3, -0.25) is 4.79 Å². The van der Waals surface area contributed by atoms with E-state index in [1.54, 1.807) is 11.3 Å². The van der Waals surface area contributed by atoms with Crippen LogP contribution in [0.3, 0.4) is 0 Å². The monoisotopic (exact) mass is 252 g/mol. The molecule has 4 heteroatoms. The van der Waals surface area contributed by atoms with Crippen molar-refractivity contribution >= 4 is 17.2 Å². The van der Waals surface area contributed by atoms with Crippen LogP contribution in [0, 0.1) is 0 Å². The molecule has 0 aromatic carbocycles. The molecule has 0 unspecified atom stereocenters. The summed E-state index contributed by atoms with van der Waals surface area (Å²) in [5.74, 6) is 0.133. The van der Waals surface area contributed by atoms with E-state index >= 15 is 0 Å². The molecule has 0 radical (unpaired) electrons. The van der Waals surface area contributed by atoms with E-state index in [1.165, 1.54) is 24.1 Å². The molecule has 1 aromatic rings. The van der Waals surface area contributed by atoms with Crippen molar-refractivity contribution in [3.05, 3.63) is 22.4 Å². The maximum atomic E-state index is 11.7. The molecule has 0 saturated heterocycles. The second-order valence-corrected chi connectivity index (χ2v) is 5.62. The van der Waals surface area contributed by atoms with Crippen LogP contribution in [-0.2, 0) is 11.3 Å². The van der Waals surface area contributed by atoms with Gasteiger partial charge in [0.2, 0.25) is 5.91 Å². The van der Waals surface area contributed by atoms with Crippen LogP contribution in [0.5, 0.6) is 0 Å². The highest BCUT2D eigenvalue weighted by atomic mass is 32.1. The van der Waals surface area contributed by atoms with Crippen molar-refractivity contribution in [1.82, 2.24) is 10.6 Å². The van der Waals surface area contributed by atoms with Crippen molar-refractivity contribution in [2.45, 2.75) is 44.7 Å². The molecule has 17 heavy (non-hydrogen) atoms. The van der Waals surface area contributed by atoms with Crippen LogP contribution in [0.1, 0.15) is 37.0 Å². The first kappa shape index (κ1) is 12.6. The second kappa shape index (κ2) is 6.77. The Morgan fingerprint density at radius 3 is 2.88 bits per heavy atom. The zero-order valence-corrected chi connectivity index (χ0v) is 10.9. The van der Waals surface area contributed by atoms with Crippen LogP contribution in [0.15, 0.2) is 17.5 Å². The highest BCUT2D eigenvalue weighted by molar-refractivity contribution is 7.09. The Morgan fingerprint density at radius 2 is 2.18 bits per heavy atom. The quantitative estimate of drug-likeness (QED) is 0.844. The summed E-state index contributed by atoms with van der Waals surface area (Å²) in [5, 5.41) is 8.33. The van der Waals surface area contributed by atoms with E-state index in [4.69, 9.17) is 0 Å². The standard InChI is InChI=1S/C13H20N2OS/c16-13(15-11-5-2-1-3-6-11)10-14-9-12-7-4-8-17-12/h4,7-8,11,14H,1-3,5-6,9-10H2,(H,15,16). The van der Waals surface area contributed by atoms with E-state index in [0.29, 0.717) is 12.6 Å². The van der Waals surface area contributed by atoms with E-state index in [2.05, 4.69) is 22.1 Å². The lowest BCUT2D eigenvalue weighted by Crippen LogP contribution is -2.41. The minimum Gasteiger partial charge on any atom is -0.352 e. The van der Waals surface area contributed by atoms with Crippen LogP contribution in [0.2, 0.25) is 0 Å². The average Bonchev–Trinajstić information content (AvgIpc) is 2.83. The lowest BCUT2D eigenvalue weighted by molar-refractivity contribution is -0.121. The normalized spacial score (nSPS) is 16.9. The number of carbonyl (C=O) groups excluding carboxylic acids is 1. The third-order valence-corrected chi connectivity index (χ3v) is 4.01. The topological polar surface area (TPSA) is 41.1 Å². The first-order valence-electron chi connectivity index (χ1n) is 6.37. The molecular weight excluding hydrogens is 232 g/mol. The zero-order chi connectivity index (χ0) is 11.9. The molecule has 1 aliphatic carbocycles. The van der Waals surface area contributed by atoms with Crippen molar-refractivity contribution in [3.8, 4) is 0 Å². The van der Waals surface area contributed by atoms with Gasteiger partial charge in [0.25, 0.3) is 0 Å². The fourth-order valence-corrected chi connectivity index (χ4v) is 2.91. The van der Waals surface area contributed by atoms with Crippen molar-refractivity contribution in [2.24, 2.45) is 0 Å². The molecule has 2 rings (SSSR count). The van der Waals surface area contributed by atoms with E-state index in [0.717, 1.165) is 19.4 Å². The summed E-state index contributed by atoms with van der Waals surface area (Å²) in [6, 6.07) is 4.53. The highest BCUT2D eigenvalue weighted by Crippen LogP contribution is 2.17. The summed E-state index contributed by atoms with van der Waals surface area (Å²) in [4.78, 5) is 12.9. The molecule has 94 valence electrons. The summed E-state index contributed by atoms with van der Waals surface area (Å²) in [7, 11) is 0. The Bertz CT molecular complexity index is 331. The van der Waals surface area contributed by atoms with Crippen LogP contribution in [-0.4, -0.2) is 18.5 Å². The van der Waals surface area contributed by atoms with Gasteiger partial charge in [-0.05, 0) is 24.3 Å². The molecule has 2 N–H and O–H groups in total. The summed E-state index contributed by atoms with van der Waals surface area (Å²) in [5.41, 5.74) is 0. The van der Waals surface area contributed by atoms with Gasteiger partial charge in [-0.2, -0.15) is 0 Å². The first-order valence-corrected chi connectivity index (χ1v) is 7.25. The minimum absolute atomic E-state index is 0.133. The molecule has 0 spiro atoms. The smallest absolute Gasteiger partial charge is 0.234 e. The number of thiophene rings is 1. The molecule has 1 saturated carbocycles. The van der Waals surface area contributed by atoms with Gasteiger partial charge in [-0.15, -0.1) is 11.3 Å².